The molecule has 0 aliphatic heterocycles. The first-order valence-electron chi connectivity index (χ1n) is 19.3. The van der Waals surface area contributed by atoms with Crippen LogP contribution in [0.2, 0.25) is 0 Å². The van der Waals surface area contributed by atoms with E-state index in [1.54, 1.807) is 0 Å². The molecular weight excluding hydrogens is 651 g/mol. The lowest BCUT2D eigenvalue weighted by atomic mass is 9.65. The topological polar surface area (TPSA) is 3.24 Å². The first-order valence-corrected chi connectivity index (χ1v) is 19.3. The Bertz CT molecular complexity index is 2710. The highest BCUT2D eigenvalue weighted by Gasteiger charge is 2.57. The van der Waals surface area contributed by atoms with Gasteiger partial charge in [0.05, 0.1) is 5.41 Å². The summed E-state index contributed by atoms with van der Waals surface area (Å²) in [6.07, 6.45) is 9.41. The normalized spacial score (nSPS) is 20.2. The molecule has 1 heteroatoms. The Balaban J connectivity index is 1.13. The zero-order chi connectivity index (χ0) is 36.2. The predicted octanol–water partition coefficient (Wildman–Crippen LogP) is 13.6. The van der Waals surface area contributed by atoms with Crippen LogP contribution in [0.4, 0.5) is 17.1 Å². The molecule has 0 heterocycles. The van der Waals surface area contributed by atoms with Gasteiger partial charge in [-0.2, -0.15) is 0 Å². The van der Waals surface area contributed by atoms with Gasteiger partial charge >= 0.3 is 0 Å². The van der Waals surface area contributed by atoms with Crippen LogP contribution in [0.25, 0.3) is 33.4 Å². The van der Waals surface area contributed by atoms with E-state index >= 15 is 0 Å². The summed E-state index contributed by atoms with van der Waals surface area (Å²) < 4.78 is 0. The van der Waals surface area contributed by atoms with Gasteiger partial charge in [0, 0.05) is 34.3 Å². The van der Waals surface area contributed by atoms with E-state index in [9.17, 15) is 0 Å². The zero-order valence-corrected chi connectivity index (χ0v) is 30.9. The van der Waals surface area contributed by atoms with Gasteiger partial charge in [-0.3, -0.25) is 0 Å². The minimum absolute atomic E-state index is 0.101. The van der Waals surface area contributed by atoms with Crippen LogP contribution in [0.3, 0.4) is 0 Å². The number of hydrogen-bond acceptors (Lipinski definition) is 1. The quantitative estimate of drug-likeness (QED) is 0.178. The highest BCUT2D eigenvalue weighted by Crippen LogP contribution is 2.65. The van der Waals surface area contributed by atoms with Gasteiger partial charge in [0.1, 0.15) is 0 Å². The van der Waals surface area contributed by atoms with Gasteiger partial charge in [0.15, 0.2) is 0 Å². The molecule has 1 nitrogen and oxygen atoms in total. The van der Waals surface area contributed by atoms with Crippen molar-refractivity contribution in [2.45, 2.75) is 37.5 Å². The average molecular weight is 692 g/mol. The molecule has 0 saturated carbocycles. The Labute approximate surface area is 318 Å². The van der Waals surface area contributed by atoms with E-state index in [4.69, 9.17) is 0 Å². The fourth-order valence-corrected chi connectivity index (χ4v) is 10.6. The maximum absolute atomic E-state index is 2.53. The summed E-state index contributed by atoms with van der Waals surface area (Å²) in [5.41, 5.74) is 20.7. The molecule has 11 rings (SSSR count). The summed E-state index contributed by atoms with van der Waals surface area (Å²) in [7, 11) is 0. The third-order valence-electron chi connectivity index (χ3n) is 13.0. The van der Waals surface area contributed by atoms with Gasteiger partial charge in [-0.1, -0.05) is 165 Å². The molecule has 7 aromatic rings. The number of nitrogens with zero attached hydrogens (tertiary/aromatic N) is 1. The van der Waals surface area contributed by atoms with Crippen LogP contribution in [0.5, 0.6) is 0 Å². The molecule has 0 N–H and O–H groups in total. The highest BCUT2D eigenvalue weighted by atomic mass is 15.1. The number of fused-ring (bicyclic) bond motifs is 13. The minimum atomic E-state index is -0.285. The molecule has 2 unspecified atom stereocenters. The molecule has 0 bridgehead atoms. The van der Waals surface area contributed by atoms with E-state index in [1.807, 2.05) is 0 Å². The second-order valence-electron chi connectivity index (χ2n) is 16.1. The highest BCUT2D eigenvalue weighted by molar-refractivity contribution is 5.90. The van der Waals surface area contributed by atoms with E-state index in [0.717, 1.165) is 5.69 Å². The molecule has 54 heavy (non-hydrogen) atoms. The second kappa shape index (κ2) is 11.4. The first-order chi connectivity index (χ1) is 26.4. The van der Waals surface area contributed by atoms with Gasteiger partial charge < -0.3 is 4.90 Å². The van der Waals surface area contributed by atoms with E-state index in [-0.39, 0.29) is 10.8 Å². The summed E-state index contributed by atoms with van der Waals surface area (Å²) in [6, 6.07) is 59.7. The van der Waals surface area contributed by atoms with E-state index in [2.05, 4.69) is 208 Å². The summed E-state index contributed by atoms with van der Waals surface area (Å²) >= 11 is 0. The van der Waals surface area contributed by atoms with Gasteiger partial charge in [0.25, 0.3) is 0 Å². The maximum atomic E-state index is 2.53. The molecule has 0 aromatic heterocycles. The van der Waals surface area contributed by atoms with Crippen LogP contribution in [0.15, 0.2) is 182 Å². The van der Waals surface area contributed by atoms with E-state index in [0.29, 0.717) is 11.8 Å². The van der Waals surface area contributed by atoms with Crippen molar-refractivity contribution in [3.8, 4) is 33.4 Å². The van der Waals surface area contributed by atoms with Crippen LogP contribution >= 0.6 is 0 Å². The molecule has 0 radical (unpaired) electrons. The average Bonchev–Trinajstić information content (AvgIpc) is 3.77. The number of benzene rings is 7. The van der Waals surface area contributed by atoms with Crippen molar-refractivity contribution >= 4 is 17.1 Å². The Hall–Kier alpha value is -6.18. The summed E-state index contributed by atoms with van der Waals surface area (Å²) in [5, 5.41) is 0. The summed E-state index contributed by atoms with van der Waals surface area (Å²) in [4.78, 5) is 2.49. The van der Waals surface area contributed by atoms with Crippen LogP contribution in [-0.4, -0.2) is 0 Å². The lowest BCUT2D eigenvalue weighted by Crippen LogP contribution is -2.33. The van der Waals surface area contributed by atoms with Crippen LogP contribution in [0, 0.1) is 12.8 Å². The molecule has 3 atom stereocenters. The number of aryl methyl sites for hydroxylation is 1. The molecular formula is C53H41N. The van der Waals surface area contributed by atoms with Crippen molar-refractivity contribution in [1.82, 2.24) is 0 Å². The lowest BCUT2D eigenvalue weighted by Gasteiger charge is -2.37. The van der Waals surface area contributed by atoms with Crippen LogP contribution in [-0.2, 0) is 10.8 Å². The maximum Gasteiger partial charge on any atom is 0.0538 e. The molecule has 1 spiro atoms. The lowest BCUT2D eigenvalue weighted by molar-refractivity contribution is 0.465. The van der Waals surface area contributed by atoms with Gasteiger partial charge in [-0.25, -0.2) is 0 Å². The van der Waals surface area contributed by atoms with Crippen molar-refractivity contribution in [1.29, 1.82) is 0 Å². The van der Waals surface area contributed by atoms with Crippen molar-refractivity contribution in [2.24, 2.45) is 5.92 Å². The van der Waals surface area contributed by atoms with Crippen molar-refractivity contribution in [2.75, 3.05) is 4.90 Å². The van der Waals surface area contributed by atoms with Crippen LogP contribution < -0.4 is 4.90 Å². The number of allylic oxidation sites excluding steroid dienone is 4. The zero-order valence-electron chi connectivity index (χ0n) is 30.9. The largest absolute Gasteiger partial charge is 0.310 e. The molecule has 0 fully saturated rings. The third-order valence-corrected chi connectivity index (χ3v) is 13.0. The molecule has 7 aromatic carbocycles. The smallest absolute Gasteiger partial charge is 0.0538 e. The SMILES string of the molecule is Cc1ccc(-c2ccc(N(c3ccc4c(c3)C(C)(C)c3ccccc3-4)c3ccc4c(c3)[C@@]3(c5ccccc5-4)c4ccccc4C4C=CC=CC43)cc2)cc1. The van der Waals surface area contributed by atoms with Gasteiger partial charge in [0.2, 0.25) is 0 Å². The summed E-state index contributed by atoms with van der Waals surface area (Å²) in [6.45, 7) is 6.89. The molecule has 0 saturated heterocycles. The second-order valence-corrected chi connectivity index (χ2v) is 16.1. The van der Waals surface area contributed by atoms with E-state index < -0.39 is 0 Å². The molecule has 4 aliphatic carbocycles. The Morgan fingerprint density at radius 2 is 0.963 bits per heavy atom. The van der Waals surface area contributed by atoms with Gasteiger partial charge in [-0.15, -0.1) is 0 Å². The molecule has 0 amide bonds. The number of hydrogen-bond donors (Lipinski definition) is 0. The fraction of sp³-hybridized carbons (Fsp3) is 0.132. The van der Waals surface area contributed by atoms with Crippen molar-refractivity contribution < 1.29 is 0 Å². The Morgan fingerprint density at radius 3 is 1.69 bits per heavy atom. The van der Waals surface area contributed by atoms with Crippen molar-refractivity contribution in [3.05, 3.63) is 221 Å². The first kappa shape index (κ1) is 31.4. The fourth-order valence-electron chi connectivity index (χ4n) is 10.6. The van der Waals surface area contributed by atoms with Crippen molar-refractivity contribution in [3.63, 3.8) is 0 Å². The molecule has 258 valence electrons. The monoisotopic (exact) mass is 691 g/mol. The minimum Gasteiger partial charge on any atom is -0.310 e. The third kappa shape index (κ3) is 4.21. The Kier molecular flexibility index (Phi) is 6.62. The van der Waals surface area contributed by atoms with Crippen LogP contribution in [0.1, 0.15) is 58.7 Å². The standard InChI is InChI=1S/C53H41N/c1-34-20-22-35(23-21-34)36-24-26-37(27-25-36)54(38-28-30-44-40-12-4-8-16-46(40)52(2,3)50(44)32-38)39-29-31-45-43-15-7-11-19-49(43)53(51(45)33-39)47-17-9-5-13-41(47)42-14-6-10-18-48(42)53/h4-33,41,47H,1-3H3/t41?,47?,53-/m1/s1. The molecule has 4 aliphatic rings. The number of anilines is 3. The predicted molar refractivity (Wildman–Crippen MR) is 225 cm³/mol. The number of rotatable bonds is 4. The van der Waals surface area contributed by atoms with E-state index in [1.165, 1.54) is 83.7 Å². The van der Waals surface area contributed by atoms with Gasteiger partial charge in [-0.05, 0) is 110 Å². The Morgan fingerprint density at radius 1 is 0.444 bits per heavy atom. The summed E-state index contributed by atoms with van der Waals surface area (Å²) in [5.74, 6) is 0.624.